The molecule has 0 saturated carbocycles. The molecule has 2 aromatic rings. The highest BCUT2D eigenvalue weighted by Gasteiger charge is 2.10. The van der Waals surface area contributed by atoms with Crippen LogP contribution in [0.15, 0.2) is 41.8 Å². The van der Waals surface area contributed by atoms with Gasteiger partial charge in [-0.25, -0.2) is 0 Å². The van der Waals surface area contributed by atoms with Crippen molar-refractivity contribution in [1.82, 2.24) is 0 Å². The summed E-state index contributed by atoms with van der Waals surface area (Å²) in [5.74, 6) is 0. The average molecular weight is 274 g/mol. The predicted molar refractivity (Wildman–Crippen MR) is 81.1 cm³/mol. The van der Waals surface area contributed by atoms with Crippen LogP contribution in [0.3, 0.4) is 0 Å². The van der Waals surface area contributed by atoms with Crippen molar-refractivity contribution in [2.75, 3.05) is 36.5 Å². The van der Waals surface area contributed by atoms with E-state index in [1.807, 2.05) is 0 Å². The molecule has 0 amide bonds. The minimum atomic E-state index is 0.832. The Kier molecular flexibility index (Phi) is 4.01. The van der Waals surface area contributed by atoms with E-state index in [9.17, 15) is 0 Å². The van der Waals surface area contributed by atoms with Gasteiger partial charge in [-0.2, -0.15) is 0 Å². The number of morpholine rings is 1. The smallest absolute Gasteiger partial charge is 0.0642 e. The molecule has 0 radical (unpaired) electrons. The molecule has 3 nitrogen and oxygen atoms in total. The molecule has 0 bridgehead atoms. The highest BCUT2D eigenvalue weighted by Crippen LogP contribution is 2.20. The number of ether oxygens (including phenoxy) is 1. The van der Waals surface area contributed by atoms with Crippen LogP contribution in [-0.2, 0) is 11.3 Å². The van der Waals surface area contributed by atoms with Crippen molar-refractivity contribution in [3.63, 3.8) is 0 Å². The summed E-state index contributed by atoms with van der Waals surface area (Å²) in [6.07, 6.45) is 0. The molecule has 1 aliphatic rings. The molecule has 3 rings (SSSR count). The van der Waals surface area contributed by atoms with E-state index in [-0.39, 0.29) is 0 Å². The second-order valence-electron chi connectivity index (χ2n) is 4.58. The van der Waals surface area contributed by atoms with Crippen LogP contribution < -0.4 is 10.2 Å². The van der Waals surface area contributed by atoms with E-state index in [1.165, 1.54) is 16.3 Å². The lowest BCUT2D eigenvalue weighted by Gasteiger charge is -2.28. The number of nitrogens with one attached hydrogen (secondary N) is 1. The Bertz CT molecular complexity index is 489. The monoisotopic (exact) mass is 274 g/mol. The SMILES string of the molecule is c1csc(CNc2ccc(N3CCOCC3)cc2)c1. The Morgan fingerprint density at radius 1 is 1.11 bits per heavy atom. The number of thiophene rings is 1. The van der Waals surface area contributed by atoms with Crippen molar-refractivity contribution in [3.05, 3.63) is 46.7 Å². The van der Waals surface area contributed by atoms with E-state index in [4.69, 9.17) is 4.74 Å². The van der Waals surface area contributed by atoms with Crippen LogP contribution in [0.1, 0.15) is 4.88 Å². The van der Waals surface area contributed by atoms with Crippen molar-refractivity contribution < 1.29 is 4.74 Å². The second-order valence-corrected chi connectivity index (χ2v) is 5.61. The third-order valence-electron chi connectivity index (χ3n) is 3.29. The Balaban J connectivity index is 1.58. The molecule has 0 atom stereocenters. The maximum atomic E-state index is 5.37. The maximum Gasteiger partial charge on any atom is 0.0642 e. The normalized spacial score (nSPS) is 15.5. The van der Waals surface area contributed by atoms with Crippen LogP contribution in [0.5, 0.6) is 0 Å². The summed E-state index contributed by atoms with van der Waals surface area (Å²) in [5.41, 5.74) is 2.45. The summed E-state index contributed by atoms with van der Waals surface area (Å²) in [7, 11) is 0. The molecule has 1 aromatic heterocycles. The largest absolute Gasteiger partial charge is 0.380 e. The Morgan fingerprint density at radius 2 is 1.89 bits per heavy atom. The van der Waals surface area contributed by atoms with Gasteiger partial charge in [0.05, 0.1) is 13.2 Å². The fourth-order valence-corrected chi connectivity index (χ4v) is 2.86. The van der Waals surface area contributed by atoms with Gasteiger partial charge in [-0.05, 0) is 35.7 Å². The number of hydrogen-bond donors (Lipinski definition) is 1. The van der Waals surface area contributed by atoms with E-state index in [1.54, 1.807) is 11.3 Å². The molecule has 4 heteroatoms. The third kappa shape index (κ3) is 3.28. The van der Waals surface area contributed by atoms with Crippen molar-refractivity contribution in [3.8, 4) is 0 Å². The molecule has 19 heavy (non-hydrogen) atoms. The third-order valence-corrected chi connectivity index (χ3v) is 4.17. The van der Waals surface area contributed by atoms with Crippen molar-refractivity contribution in [2.45, 2.75) is 6.54 Å². The van der Waals surface area contributed by atoms with Gasteiger partial charge in [-0.1, -0.05) is 6.07 Å². The van der Waals surface area contributed by atoms with Crippen LogP contribution in [0.4, 0.5) is 11.4 Å². The average Bonchev–Trinajstić information content (AvgIpc) is 3.00. The fourth-order valence-electron chi connectivity index (χ4n) is 2.21. The lowest BCUT2D eigenvalue weighted by molar-refractivity contribution is 0.122. The topological polar surface area (TPSA) is 24.5 Å². The summed E-state index contributed by atoms with van der Waals surface area (Å²) in [6.45, 7) is 4.54. The highest BCUT2D eigenvalue weighted by molar-refractivity contribution is 7.09. The fraction of sp³-hybridized carbons (Fsp3) is 0.333. The van der Waals surface area contributed by atoms with Gasteiger partial charge >= 0.3 is 0 Å². The summed E-state index contributed by atoms with van der Waals surface area (Å²) >= 11 is 1.78. The van der Waals surface area contributed by atoms with Gasteiger partial charge in [0.15, 0.2) is 0 Å². The molecular weight excluding hydrogens is 256 g/mol. The van der Waals surface area contributed by atoms with E-state index < -0.39 is 0 Å². The maximum absolute atomic E-state index is 5.37. The van der Waals surface area contributed by atoms with E-state index in [2.05, 4.69) is 52.0 Å². The number of anilines is 2. The summed E-state index contributed by atoms with van der Waals surface area (Å²) in [6, 6.07) is 12.9. The highest BCUT2D eigenvalue weighted by atomic mass is 32.1. The minimum Gasteiger partial charge on any atom is -0.380 e. The van der Waals surface area contributed by atoms with Crippen molar-refractivity contribution in [2.24, 2.45) is 0 Å². The van der Waals surface area contributed by atoms with Crippen LogP contribution in [-0.4, -0.2) is 26.3 Å². The molecule has 1 fully saturated rings. The van der Waals surface area contributed by atoms with E-state index >= 15 is 0 Å². The molecule has 0 unspecified atom stereocenters. The first-order chi connectivity index (χ1) is 9.42. The number of rotatable bonds is 4. The molecule has 100 valence electrons. The molecule has 0 aliphatic carbocycles. The molecule has 1 saturated heterocycles. The van der Waals surface area contributed by atoms with E-state index in [0.29, 0.717) is 0 Å². The lowest BCUT2D eigenvalue weighted by Crippen LogP contribution is -2.36. The van der Waals surface area contributed by atoms with Gasteiger partial charge in [0.1, 0.15) is 0 Å². The first kappa shape index (κ1) is 12.5. The van der Waals surface area contributed by atoms with Crippen LogP contribution in [0.25, 0.3) is 0 Å². The van der Waals surface area contributed by atoms with Gasteiger partial charge < -0.3 is 15.0 Å². The second kappa shape index (κ2) is 6.08. The van der Waals surface area contributed by atoms with Gasteiger partial charge in [0.2, 0.25) is 0 Å². The first-order valence-corrected chi connectivity index (χ1v) is 7.49. The lowest BCUT2D eigenvalue weighted by atomic mass is 10.2. The van der Waals surface area contributed by atoms with Crippen LogP contribution in [0, 0.1) is 0 Å². The molecule has 2 heterocycles. The van der Waals surface area contributed by atoms with E-state index in [0.717, 1.165) is 32.8 Å². The number of nitrogens with zero attached hydrogens (tertiary/aromatic N) is 1. The number of benzene rings is 1. The van der Waals surface area contributed by atoms with Gasteiger partial charge in [0, 0.05) is 35.9 Å². The van der Waals surface area contributed by atoms with Crippen molar-refractivity contribution in [1.29, 1.82) is 0 Å². The summed E-state index contributed by atoms with van der Waals surface area (Å²) in [5, 5.41) is 5.55. The molecule has 0 spiro atoms. The van der Waals surface area contributed by atoms with Crippen LogP contribution >= 0.6 is 11.3 Å². The zero-order chi connectivity index (χ0) is 12.9. The Morgan fingerprint density at radius 3 is 2.58 bits per heavy atom. The minimum absolute atomic E-state index is 0.832. The summed E-state index contributed by atoms with van der Waals surface area (Å²) < 4.78 is 5.37. The quantitative estimate of drug-likeness (QED) is 0.926. The zero-order valence-corrected chi connectivity index (χ0v) is 11.7. The van der Waals surface area contributed by atoms with Crippen LogP contribution in [0.2, 0.25) is 0 Å². The predicted octanol–water partition coefficient (Wildman–Crippen LogP) is 3.20. The Hall–Kier alpha value is -1.52. The zero-order valence-electron chi connectivity index (χ0n) is 10.8. The molecule has 1 aromatic carbocycles. The van der Waals surface area contributed by atoms with Gasteiger partial charge in [-0.3, -0.25) is 0 Å². The summed E-state index contributed by atoms with van der Waals surface area (Å²) in [4.78, 5) is 3.73. The molecule has 1 N–H and O–H groups in total. The molecule has 1 aliphatic heterocycles. The van der Waals surface area contributed by atoms with Gasteiger partial charge in [-0.15, -0.1) is 11.3 Å². The van der Waals surface area contributed by atoms with Gasteiger partial charge in [0.25, 0.3) is 0 Å². The molecular formula is C15H18N2OS. The number of hydrogen-bond acceptors (Lipinski definition) is 4. The Labute approximate surface area is 117 Å². The standard InChI is InChI=1S/C15H18N2OS/c1-2-15(19-11-1)12-16-13-3-5-14(6-4-13)17-7-9-18-10-8-17/h1-6,11,16H,7-10,12H2. The first-order valence-electron chi connectivity index (χ1n) is 6.61. The van der Waals surface area contributed by atoms with Crippen molar-refractivity contribution >= 4 is 22.7 Å².